The lowest BCUT2D eigenvalue weighted by molar-refractivity contribution is 0.103. The number of carbonyl (C=O) groups excluding carboxylic acids is 1. The predicted molar refractivity (Wildman–Crippen MR) is 101 cm³/mol. The number of aliphatic hydroxyl groups is 1. The van der Waals surface area contributed by atoms with Gasteiger partial charge in [-0.15, -0.1) is 0 Å². The maximum Gasteiger partial charge on any atom is 0.218 e. The van der Waals surface area contributed by atoms with E-state index in [1.165, 1.54) is 12.5 Å². The van der Waals surface area contributed by atoms with Gasteiger partial charge in [-0.05, 0) is 51.0 Å². The van der Waals surface area contributed by atoms with Crippen LogP contribution < -0.4 is 5.32 Å². The fourth-order valence-electron chi connectivity index (χ4n) is 3.82. The second kappa shape index (κ2) is 7.60. The molecule has 4 rings (SSSR count). The Hall–Kier alpha value is -2.54. The van der Waals surface area contributed by atoms with E-state index in [2.05, 4.69) is 39.5 Å². The summed E-state index contributed by atoms with van der Waals surface area (Å²) >= 11 is 0. The molecule has 4 atom stereocenters. The zero-order valence-corrected chi connectivity index (χ0v) is 15.2. The third-order valence-corrected chi connectivity index (χ3v) is 5.36. The number of hydrogen-bond donors (Lipinski definition) is 2. The van der Waals surface area contributed by atoms with Crippen LogP contribution in [0, 0.1) is 12.8 Å². The van der Waals surface area contributed by atoms with Crippen LogP contribution in [0.3, 0.4) is 0 Å². The molecular weight excluding hydrogens is 342 g/mol. The monoisotopic (exact) mass is 366 g/mol. The lowest BCUT2D eigenvalue weighted by Crippen LogP contribution is -2.20. The molecule has 0 amide bonds. The zero-order chi connectivity index (χ0) is 18.8. The van der Waals surface area contributed by atoms with Crippen molar-refractivity contribution < 1.29 is 9.90 Å². The molecule has 2 aliphatic rings. The van der Waals surface area contributed by atoms with E-state index >= 15 is 0 Å². The van der Waals surface area contributed by atoms with E-state index in [9.17, 15) is 9.90 Å². The number of carbonyl (C=O) groups is 1. The van der Waals surface area contributed by atoms with Gasteiger partial charge in [0.2, 0.25) is 5.78 Å². The minimum atomic E-state index is -0.428. The number of allylic oxidation sites excluding steroid dienone is 2. The molecule has 0 aliphatic heterocycles. The van der Waals surface area contributed by atoms with Gasteiger partial charge in [-0.3, -0.25) is 9.48 Å². The second-order valence-corrected chi connectivity index (χ2v) is 7.36. The Balaban J connectivity index is 1.53. The Labute approximate surface area is 158 Å². The Bertz CT molecular complexity index is 836. The van der Waals surface area contributed by atoms with Gasteiger partial charge in [-0.25, -0.2) is 9.97 Å². The van der Waals surface area contributed by atoms with E-state index in [1.54, 1.807) is 6.07 Å². The van der Waals surface area contributed by atoms with E-state index in [-0.39, 0.29) is 23.8 Å². The van der Waals surface area contributed by atoms with Gasteiger partial charge in [0.1, 0.15) is 17.8 Å². The van der Waals surface area contributed by atoms with E-state index in [0.717, 1.165) is 25.7 Å². The van der Waals surface area contributed by atoms with Crippen molar-refractivity contribution in [3.63, 3.8) is 0 Å². The number of nitrogens with one attached hydrogen (secondary N) is 1. The largest absolute Gasteiger partial charge is 0.393 e. The molecule has 7 nitrogen and oxygen atoms in total. The van der Waals surface area contributed by atoms with Crippen molar-refractivity contribution in [1.29, 1.82) is 0 Å². The van der Waals surface area contributed by atoms with E-state index in [4.69, 9.17) is 0 Å². The standard InChI is InChI=1S/C20H24N5O2/c1-13-9-14(10-18(13)26)23-20-16(11-21-12-22-20)19(27)17-7-8-25(24-17)15-5-3-2-4-6-15/h3,5,7-8,11-15,18,26H,1-2,4,6,9-10H2,(H,21,22,23)/t13-,14-,15-,18+/m1/s1. The lowest BCUT2D eigenvalue weighted by Gasteiger charge is -2.16. The van der Waals surface area contributed by atoms with Crippen molar-refractivity contribution >= 4 is 11.6 Å². The molecule has 2 aromatic rings. The Morgan fingerprint density at radius 2 is 2.26 bits per heavy atom. The third kappa shape index (κ3) is 3.78. The van der Waals surface area contributed by atoms with Crippen LogP contribution in [0.15, 0.2) is 36.9 Å². The number of nitrogens with zero attached hydrogens (tertiary/aromatic N) is 4. The Morgan fingerprint density at radius 1 is 1.37 bits per heavy atom. The van der Waals surface area contributed by atoms with Crippen LogP contribution in [0.25, 0.3) is 0 Å². The zero-order valence-electron chi connectivity index (χ0n) is 15.2. The highest BCUT2D eigenvalue weighted by Crippen LogP contribution is 2.29. The second-order valence-electron chi connectivity index (χ2n) is 7.36. The average molecular weight is 366 g/mol. The summed E-state index contributed by atoms with van der Waals surface area (Å²) in [7, 11) is 0. The van der Waals surface area contributed by atoms with E-state index in [0.29, 0.717) is 23.5 Å². The summed E-state index contributed by atoms with van der Waals surface area (Å²) in [5, 5.41) is 17.7. The number of aliphatic hydroxyl groups excluding tert-OH is 1. The average Bonchev–Trinajstić information content (AvgIpc) is 3.30. The highest BCUT2D eigenvalue weighted by molar-refractivity contribution is 6.10. The molecule has 27 heavy (non-hydrogen) atoms. The first-order valence-corrected chi connectivity index (χ1v) is 9.46. The summed E-state index contributed by atoms with van der Waals surface area (Å²) < 4.78 is 1.85. The minimum absolute atomic E-state index is 0.0114. The molecule has 0 saturated heterocycles. The van der Waals surface area contributed by atoms with Crippen molar-refractivity contribution in [3.05, 3.63) is 55.1 Å². The highest BCUT2D eigenvalue weighted by atomic mass is 16.3. The molecule has 7 heteroatoms. The van der Waals surface area contributed by atoms with Crippen molar-refractivity contribution in [1.82, 2.24) is 19.7 Å². The molecule has 2 aromatic heterocycles. The van der Waals surface area contributed by atoms with Crippen LogP contribution >= 0.6 is 0 Å². The van der Waals surface area contributed by atoms with Gasteiger partial charge in [0, 0.05) is 18.4 Å². The van der Waals surface area contributed by atoms with Gasteiger partial charge < -0.3 is 10.4 Å². The molecule has 2 aliphatic carbocycles. The van der Waals surface area contributed by atoms with Gasteiger partial charge in [-0.2, -0.15) is 5.10 Å². The van der Waals surface area contributed by atoms with Gasteiger partial charge in [0.25, 0.3) is 0 Å². The van der Waals surface area contributed by atoms with Crippen molar-refractivity contribution in [3.8, 4) is 0 Å². The molecule has 0 bridgehead atoms. The topological polar surface area (TPSA) is 92.9 Å². The number of anilines is 1. The van der Waals surface area contributed by atoms with Crippen molar-refractivity contribution in [2.45, 2.75) is 50.3 Å². The lowest BCUT2D eigenvalue weighted by atomic mass is 10.0. The van der Waals surface area contributed by atoms with Crippen molar-refractivity contribution in [2.75, 3.05) is 5.32 Å². The maximum absolute atomic E-state index is 13.0. The molecule has 2 N–H and O–H groups in total. The van der Waals surface area contributed by atoms with Crippen LogP contribution in [0.4, 0.5) is 5.82 Å². The van der Waals surface area contributed by atoms with E-state index < -0.39 is 6.10 Å². The summed E-state index contributed by atoms with van der Waals surface area (Å²) in [5.41, 5.74) is 0.775. The van der Waals surface area contributed by atoms with Gasteiger partial charge in [0.05, 0.1) is 17.7 Å². The van der Waals surface area contributed by atoms with E-state index in [1.807, 2.05) is 10.9 Å². The minimum Gasteiger partial charge on any atom is -0.393 e. The normalized spacial score (nSPS) is 27.6. The Morgan fingerprint density at radius 3 is 3.00 bits per heavy atom. The van der Waals surface area contributed by atoms with Crippen LogP contribution in [-0.4, -0.2) is 42.8 Å². The van der Waals surface area contributed by atoms with Crippen molar-refractivity contribution in [2.24, 2.45) is 5.92 Å². The highest BCUT2D eigenvalue weighted by Gasteiger charge is 2.31. The molecule has 0 unspecified atom stereocenters. The van der Waals surface area contributed by atoms with Crippen LogP contribution in [0.5, 0.6) is 0 Å². The molecule has 1 fully saturated rings. The summed E-state index contributed by atoms with van der Waals surface area (Å²) in [5.74, 6) is 0.262. The fourth-order valence-corrected chi connectivity index (χ4v) is 3.82. The van der Waals surface area contributed by atoms with Crippen LogP contribution in [-0.2, 0) is 0 Å². The fraction of sp³-hybridized carbons (Fsp3) is 0.450. The number of ketones is 1. The van der Waals surface area contributed by atoms with Gasteiger partial charge in [0.15, 0.2) is 0 Å². The van der Waals surface area contributed by atoms with Gasteiger partial charge >= 0.3 is 0 Å². The SMILES string of the molecule is [CH2][C@@H]1C[C@@H](Nc2ncncc2C(=O)c2ccn([C@@H]3C=CCCC3)n2)C[C@@H]1O. The summed E-state index contributed by atoms with van der Waals surface area (Å²) in [6.45, 7) is 3.95. The molecule has 0 aromatic carbocycles. The smallest absolute Gasteiger partial charge is 0.218 e. The van der Waals surface area contributed by atoms with Crippen LogP contribution in [0.2, 0.25) is 0 Å². The number of hydrogen-bond acceptors (Lipinski definition) is 6. The Kier molecular flexibility index (Phi) is 5.03. The summed E-state index contributed by atoms with van der Waals surface area (Å²) in [6.07, 6.45) is 13.3. The van der Waals surface area contributed by atoms with Crippen LogP contribution in [0.1, 0.15) is 54.2 Å². The maximum atomic E-state index is 13.0. The van der Waals surface area contributed by atoms with Gasteiger partial charge in [-0.1, -0.05) is 12.2 Å². The molecule has 141 valence electrons. The molecule has 1 saturated carbocycles. The molecule has 0 spiro atoms. The third-order valence-electron chi connectivity index (χ3n) is 5.36. The summed E-state index contributed by atoms with van der Waals surface area (Å²) in [4.78, 5) is 21.2. The number of aromatic nitrogens is 4. The molecular formula is C20H24N5O2. The molecule has 1 radical (unpaired) electrons. The quantitative estimate of drug-likeness (QED) is 0.624. The first kappa shape index (κ1) is 17.9. The molecule has 2 heterocycles. The predicted octanol–water partition coefficient (Wildman–Crippen LogP) is 2.57. The first-order chi connectivity index (χ1) is 13.1. The first-order valence-electron chi connectivity index (χ1n) is 9.46. The summed E-state index contributed by atoms with van der Waals surface area (Å²) in [6, 6.07) is 1.99. The number of rotatable bonds is 5.